The fraction of sp³-hybridized carbons (Fsp3) is 0.385. The van der Waals surface area contributed by atoms with Crippen LogP contribution >= 0.6 is 0 Å². The molecule has 2 aromatic carbocycles. The van der Waals surface area contributed by atoms with Crippen LogP contribution in [0.5, 0.6) is 0 Å². The quantitative estimate of drug-likeness (QED) is 0.339. The SMILES string of the molecule is CC1(NCc2cc(NC(=O)Nc3cccc4c3CC3CCC[N+]43[O-])n[nH]2)Cc2ccccc2C1. The zero-order valence-corrected chi connectivity index (χ0v) is 19.4. The van der Waals surface area contributed by atoms with E-state index in [-0.39, 0.29) is 22.3 Å². The lowest BCUT2D eigenvalue weighted by Crippen LogP contribution is -2.44. The molecular formula is C26H30N6O2. The van der Waals surface area contributed by atoms with Gasteiger partial charge < -0.3 is 20.5 Å². The minimum Gasteiger partial charge on any atom is -0.627 e. The molecule has 3 aliphatic rings. The highest BCUT2D eigenvalue weighted by Crippen LogP contribution is 2.46. The summed E-state index contributed by atoms with van der Waals surface area (Å²) in [5, 5.41) is 29.9. The van der Waals surface area contributed by atoms with E-state index in [0.717, 1.165) is 49.0 Å². The Morgan fingerprint density at radius 1 is 1.18 bits per heavy atom. The Kier molecular flexibility index (Phi) is 4.98. The average Bonchev–Trinajstić information content (AvgIpc) is 3.54. The highest BCUT2D eigenvalue weighted by atomic mass is 16.6. The average molecular weight is 459 g/mol. The number of anilines is 2. The van der Waals surface area contributed by atoms with Gasteiger partial charge in [0.15, 0.2) is 5.82 Å². The maximum Gasteiger partial charge on any atom is 0.324 e. The molecule has 2 aliphatic heterocycles. The third kappa shape index (κ3) is 3.68. The molecule has 3 aromatic rings. The predicted octanol–water partition coefficient (Wildman–Crippen LogP) is 4.22. The number of H-pyrrole nitrogens is 1. The maximum absolute atomic E-state index is 13.3. The molecule has 0 radical (unpaired) electrons. The fourth-order valence-electron chi connectivity index (χ4n) is 6.04. The van der Waals surface area contributed by atoms with Crippen LogP contribution in [0.1, 0.15) is 42.1 Å². The van der Waals surface area contributed by atoms with E-state index < -0.39 is 0 Å². The van der Waals surface area contributed by atoms with Crippen LogP contribution < -0.4 is 20.6 Å². The van der Waals surface area contributed by atoms with E-state index in [1.165, 1.54) is 11.1 Å². The highest BCUT2D eigenvalue weighted by Gasteiger charge is 2.45. The highest BCUT2D eigenvalue weighted by molar-refractivity contribution is 6.00. The number of fused-ring (bicyclic) bond motifs is 4. The number of rotatable bonds is 5. The normalized spacial score (nSPS) is 23.9. The molecule has 0 saturated carbocycles. The van der Waals surface area contributed by atoms with Gasteiger partial charge in [-0.1, -0.05) is 30.3 Å². The summed E-state index contributed by atoms with van der Waals surface area (Å²) in [4.78, 5) is 12.7. The molecule has 1 saturated heterocycles. The number of urea groups is 1. The molecule has 176 valence electrons. The van der Waals surface area contributed by atoms with Crippen molar-refractivity contribution in [3.05, 3.63) is 76.1 Å². The molecule has 4 N–H and O–H groups in total. The van der Waals surface area contributed by atoms with Crippen LogP contribution in [0, 0.1) is 5.21 Å². The number of nitrogens with zero attached hydrogens (tertiary/aromatic N) is 2. The molecular weight excluding hydrogens is 428 g/mol. The minimum atomic E-state index is -0.359. The molecule has 1 aromatic heterocycles. The van der Waals surface area contributed by atoms with E-state index in [2.05, 4.69) is 57.3 Å². The second kappa shape index (κ2) is 7.94. The van der Waals surface area contributed by atoms with Crippen molar-refractivity contribution in [2.75, 3.05) is 17.2 Å². The first-order chi connectivity index (χ1) is 16.4. The number of carbonyl (C=O) groups is 1. The molecule has 3 heterocycles. The molecule has 8 nitrogen and oxygen atoms in total. The fourth-order valence-corrected chi connectivity index (χ4v) is 6.04. The molecule has 1 aliphatic carbocycles. The molecule has 34 heavy (non-hydrogen) atoms. The number of hydrogen-bond acceptors (Lipinski definition) is 4. The Hall–Kier alpha value is -3.20. The summed E-state index contributed by atoms with van der Waals surface area (Å²) < 4.78 is -0.244. The smallest absolute Gasteiger partial charge is 0.324 e. The van der Waals surface area contributed by atoms with Gasteiger partial charge in [0.2, 0.25) is 0 Å². The number of amides is 2. The predicted molar refractivity (Wildman–Crippen MR) is 134 cm³/mol. The van der Waals surface area contributed by atoms with Crippen molar-refractivity contribution in [3.63, 3.8) is 0 Å². The molecule has 2 unspecified atom stereocenters. The molecule has 6 rings (SSSR count). The van der Waals surface area contributed by atoms with E-state index in [4.69, 9.17) is 0 Å². The maximum atomic E-state index is 13.3. The van der Waals surface area contributed by atoms with Gasteiger partial charge in [0.05, 0.1) is 24.0 Å². The number of carbonyl (C=O) groups excluding carboxylic acids is 1. The number of nitrogens with one attached hydrogen (secondary N) is 4. The van der Waals surface area contributed by atoms with E-state index >= 15 is 0 Å². The first-order valence-corrected chi connectivity index (χ1v) is 12.1. The summed E-state index contributed by atoms with van der Waals surface area (Å²) in [7, 11) is 0. The number of benzene rings is 2. The van der Waals surface area contributed by atoms with Crippen molar-refractivity contribution < 1.29 is 4.79 Å². The molecule has 8 heteroatoms. The van der Waals surface area contributed by atoms with Gasteiger partial charge in [-0.25, -0.2) is 4.79 Å². The number of hydrogen-bond donors (Lipinski definition) is 4. The summed E-state index contributed by atoms with van der Waals surface area (Å²) in [6.07, 6.45) is 4.62. The molecule has 2 amide bonds. The lowest BCUT2D eigenvalue weighted by molar-refractivity contribution is 0.262. The first-order valence-electron chi connectivity index (χ1n) is 12.1. The molecule has 1 fully saturated rings. The summed E-state index contributed by atoms with van der Waals surface area (Å²) in [5.74, 6) is 0.467. The summed E-state index contributed by atoms with van der Waals surface area (Å²) in [6.45, 7) is 3.51. The second-order valence-electron chi connectivity index (χ2n) is 10.2. The number of hydroxylamine groups is 2. The van der Waals surface area contributed by atoms with Gasteiger partial charge in [0.25, 0.3) is 0 Å². The zero-order valence-electron chi connectivity index (χ0n) is 19.4. The van der Waals surface area contributed by atoms with Crippen LogP contribution in [0.15, 0.2) is 48.5 Å². The molecule has 0 spiro atoms. The van der Waals surface area contributed by atoms with Crippen molar-refractivity contribution in [2.45, 2.75) is 57.2 Å². The third-order valence-electron chi connectivity index (χ3n) is 7.72. The number of quaternary nitrogens is 1. The Morgan fingerprint density at radius 3 is 2.76 bits per heavy atom. The van der Waals surface area contributed by atoms with Crippen molar-refractivity contribution in [1.29, 1.82) is 0 Å². The Morgan fingerprint density at radius 2 is 1.97 bits per heavy atom. The van der Waals surface area contributed by atoms with Gasteiger partial charge in [0.1, 0.15) is 5.69 Å². The number of aromatic nitrogens is 2. The monoisotopic (exact) mass is 458 g/mol. The van der Waals surface area contributed by atoms with Crippen LogP contribution in [0.4, 0.5) is 22.0 Å². The van der Waals surface area contributed by atoms with Crippen molar-refractivity contribution >= 4 is 23.2 Å². The Labute approximate surface area is 198 Å². The van der Waals surface area contributed by atoms with E-state index in [0.29, 0.717) is 24.6 Å². The summed E-state index contributed by atoms with van der Waals surface area (Å²) in [5.41, 5.74) is 6.20. The largest absolute Gasteiger partial charge is 0.627 e. The van der Waals surface area contributed by atoms with Gasteiger partial charge in [-0.3, -0.25) is 10.4 Å². The first kappa shape index (κ1) is 21.3. The van der Waals surface area contributed by atoms with Crippen LogP contribution in [0.2, 0.25) is 0 Å². The van der Waals surface area contributed by atoms with Gasteiger partial charge in [-0.2, -0.15) is 5.10 Å². The third-order valence-corrected chi connectivity index (χ3v) is 7.72. The lowest BCUT2D eigenvalue weighted by Gasteiger charge is -2.39. The minimum absolute atomic E-state index is 0.00316. The van der Waals surface area contributed by atoms with Crippen LogP contribution in [-0.2, 0) is 25.8 Å². The summed E-state index contributed by atoms with van der Waals surface area (Å²) >= 11 is 0. The Bertz CT molecular complexity index is 1230. The van der Waals surface area contributed by atoms with E-state index in [1.807, 2.05) is 24.3 Å². The lowest BCUT2D eigenvalue weighted by atomic mass is 9.98. The topological polar surface area (TPSA) is 105 Å². The van der Waals surface area contributed by atoms with Crippen LogP contribution in [0.25, 0.3) is 0 Å². The van der Waals surface area contributed by atoms with Crippen LogP contribution in [-0.4, -0.2) is 34.4 Å². The van der Waals surface area contributed by atoms with Crippen molar-refractivity contribution in [3.8, 4) is 0 Å². The van der Waals surface area contributed by atoms with E-state index in [1.54, 1.807) is 0 Å². The van der Waals surface area contributed by atoms with Gasteiger partial charge in [0, 0.05) is 43.0 Å². The van der Waals surface area contributed by atoms with Gasteiger partial charge in [-0.05, 0) is 43.0 Å². The van der Waals surface area contributed by atoms with Crippen LogP contribution in [0.3, 0.4) is 0 Å². The second-order valence-corrected chi connectivity index (χ2v) is 10.2. The standard InChI is InChI=1S/C26H30N6O2/c1-26(14-17-6-2-3-7-18(17)15-26)27-16-19-12-24(31-30-19)29-25(33)28-22-9-4-10-23-21(22)13-20-8-5-11-32(20,23)34/h2-4,6-7,9-10,12,20,27H,5,8,11,13-16H2,1H3,(H3,28,29,30,31,33). The van der Waals surface area contributed by atoms with E-state index in [9.17, 15) is 10.0 Å². The van der Waals surface area contributed by atoms with Crippen molar-refractivity contribution in [2.24, 2.45) is 0 Å². The van der Waals surface area contributed by atoms with Crippen molar-refractivity contribution in [1.82, 2.24) is 20.2 Å². The molecule has 0 bridgehead atoms. The number of aromatic amines is 1. The Balaban J connectivity index is 1.07. The molecule has 2 atom stereocenters. The van der Waals surface area contributed by atoms with Gasteiger partial charge >= 0.3 is 6.03 Å². The van der Waals surface area contributed by atoms with Gasteiger partial charge in [-0.15, -0.1) is 0 Å². The zero-order chi connectivity index (χ0) is 23.3. The summed E-state index contributed by atoms with van der Waals surface area (Å²) in [6, 6.07) is 15.8.